The lowest BCUT2D eigenvalue weighted by atomic mass is 9.84. The van der Waals surface area contributed by atoms with E-state index in [0.717, 1.165) is 42.1 Å². The Bertz CT molecular complexity index is 1530. The number of alkyl halides is 9. The highest BCUT2D eigenvalue weighted by molar-refractivity contribution is 5.90. The van der Waals surface area contributed by atoms with Crippen LogP contribution >= 0.6 is 0 Å². The van der Waals surface area contributed by atoms with Gasteiger partial charge in [-0.05, 0) is 74.9 Å². The van der Waals surface area contributed by atoms with Crippen molar-refractivity contribution in [3.05, 3.63) is 52.6 Å². The predicted octanol–water partition coefficient (Wildman–Crippen LogP) is 8.82. The molecule has 0 saturated heterocycles. The van der Waals surface area contributed by atoms with Gasteiger partial charge >= 0.3 is 24.6 Å². The first-order valence-electron chi connectivity index (χ1n) is 16.4. The van der Waals surface area contributed by atoms with Crippen LogP contribution in [0.2, 0.25) is 0 Å². The molecule has 0 fully saturated rings. The fraction of sp³-hybridized carbons (Fsp3) is 0.636. The molecule has 1 aliphatic heterocycles. The summed E-state index contributed by atoms with van der Waals surface area (Å²) in [5.74, 6) is -2.55. The number of allylic oxidation sites excluding steroid dienone is 3. The summed E-state index contributed by atoms with van der Waals surface area (Å²) in [6.07, 6.45) is -15.0. The van der Waals surface area contributed by atoms with Gasteiger partial charge in [0.25, 0.3) is 5.95 Å². The molecule has 286 valence electrons. The standard InChI is InChI=1S/C33H43F9N6O3/c1-19(2)27-16-28(25-15-24(33(40,41)42)10-11-26(25)48(27)30(50)51-20(3)4)46(29-43-45-47(44-29)12-7-13-49)18-23(14-22(6)32(37,38)39)9-8-21(5)17-31(34,35)36/h8,10-11,14-15,19-20,22,27-28,49H,7,9,12-13,16-18H2,1-6H3/b21-8+,23-14+. The number of carbonyl (C=O) groups excluding carboxylic acids is 1. The minimum atomic E-state index is -4.82. The van der Waals surface area contributed by atoms with E-state index in [1.807, 2.05) is 0 Å². The molecule has 1 N–H and O–H groups in total. The molecule has 1 aromatic carbocycles. The van der Waals surface area contributed by atoms with Crippen LogP contribution < -0.4 is 9.80 Å². The zero-order valence-electron chi connectivity index (χ0n) is 29.1. The fourth-order valence-corrected chi connectivity index (χ4v) is 5.74. The third-order valence-corrected chi connectivity index (χ3v) is 8.23. The Morgan fingerprint density at radius 1 is 1.08 bits per heavy atom. The smallest absolute Gasteiger partial charge is 0.416 e. The van der Waals surface area contributed by atoms with E-state index in [2.05, 4.69) is 15.4 Å². The number of hydrogen-bond acceptors (Lipinski definition) is 7. The van der Waals surface area contributed by atoms with Crippen molar-refractivity contribution in [2.24, 2.45) is 11.8 Å². The van der Waals surface area contributed by atoms with Gasteiger partial charge in [-0.2, -0.15) is 44.3 Å². The van der Waals surface area contributed by atoms with Gasteiger partial charge in [0, 0.05) is 19.2 Å². The number of hydrogen-bond donors (Lipinski definition) is 1. The summed E-state index contributed by atoms with van der Waals surface area (Å²) in [4.78, 5) is 17.2. The average Bonchev–Trinajstić information content (AvgIpc) is 3.46. The van der Waals surface area contributed by atoms with Gasteiger partial charge < -0.3 is 14.7 Å². The van der Waals surface area contributed by atoms with Gasteiger partial charge in [0.05, 0.1) is 42.3 Å². The summed E-state index contributed by atoms with van der Waals surface area (Å²) in [7, 11) is 0. The molecule has 0 radical (unpaired) electrons. The number of aryl methyl sites for hydroxylation is 1. The number of halogens is 9. The number of rotatable bonds is 13. The molecule has 9 nitrogen and oxygen atoms in total. The molecule has 3 rings (SSSR count). The van der Waals surface area contributed by atoms with Gasteiger partial charge in [-0.25, -0.2) is 4.79 Å². The Morgan fingerprint density at radius 2 is 1.75 bits per heavy atom. The molecule has 2 aromatic rings. The Balaban J connectivity index is 2.30. The highest BCUT2D eigenvalue weighted by atomic mass is 19.4. The molecule has 18 heteroatoms. The molecular weight excluding hydrogens is 699 g/mol. The average molecular weight is 743 g/mol. The van der Waals surface area contributed by atoms with E-state index in [1.54, 1.807) is 27.7 Å². The lowest BCUT2D eigenvalue weighted by Gasteiger charge is -2.45. The van der Waals surface area contributed by atoms with Crippen LogP contribution in [0.3, 0.4) is 0 Å². The number of aliphatic hydroxyl groups excluding tert-OH is 1. The van der Waals surface area contributed by atoms with E-state index in [4.69, 9.17) is 4.74 Å². The molecule has 51 heavy (non-hydrogen) atoms. The highest BCUT2D eigenvalue weighted by Crippen LogP contribution is 2.46. The maximum atomic E-state index is 14.1. The number of fused-ring (bicyclic) bond motifs is 1. The van der Waals surface area contributed by atoms with E-state index in [0.29, 0.717) is 0 Å². The third kappa shape index (κ3) is 11.6. The zero-order chi connectivity index (χ0) is 38.5. The summed E-state index contributed by atoms with van der Waals surface area (Å²) in [6.45, 7) is 8.23. The number of aromatic nitrogens is 4. The minimum Gasteiger partial charge on any atom is -0.446 e. The second-order valence-corrected chi connectivity index (χ2v) is 13.2. The first kappa shape index (κ1) is 41.6. The monoisotopic (exact) mass is 742 g/mol. The molecule has 0 bridgehead atoms. The van der Waals surface area contributed by atoms with Crippen molar-refractivity contribution in [2.75, 3.05) is 23.0 Å². The molecule has 2 heterocycles. The van der Waals surface area contributed by atoms with Crippen molar-refractivity contribution in [2.45, 2.75) is 110 Å². The van der Waals surface area contributed by atoms with Gasteiger partial charge in [0.2, 0.25) is 0 Å². The van der Waals surface area contributed by atoms with Crippen molar-refractivity contribution in [3.63, 3.8) is 0 Å². The summed E-state index contributed by atoms with van der Waals surface area (Å²) < 4.78 is 129. The van der Waals surface area contributed by atoms with Gasteiger partial charge in [-0.3, -0.25) is 4.90 Å². The van der Waals surface area contributed by atoms with Crippen LogP contribution in [-0.4, -0.2) is 69.1 Å². The third-order valence-electron chi connectivity index (χ3n) is 8.23. The molecule has 1 amide bonds. The molecule has 0 spiro atoms. The number of carbonyl (C=O) groups is 1. The van der Waals surface area contributed by atoms with E-state index >= 15 is 0 Å². The minimum absolute atomic E-state index is 0.00988. The van der Waals surface area contributed by atoms with Crippen LogP contribution in [0.15, 0.2) is 41.5 Å². The van der Waals surface area contributed by atoms with E-state index in [-0.39, 0.29) is 66.7 Å². The van der Waals surface area contributed by atoms with E-state index in [1.165, 1.54) is 16.7 Å². The number of tetrazole rings is 1. The van der Waals surface area contributed by atoms with Crippen LogP contribution in [-0.2, 0) is 17.5 Å². The van der Waals surface area contributed by atoms with Crippen molar-refractivity contribution < 1.29 is 54.2 Å². The molecular formula is C33H43F9N6O3. The second kappa shape index (κ2) is 16.7. The van der Waals surface area contributed by atoms with Gasteiger partial charge in [-0.1, -0.05) is 49.2 Å². The van der Waals surface area contributed by atoms with Crippen LogP contribution in [0.25, 0.3) is 0 Å². The summed E-state index contributed by atoms with van der Waals surface area (Å²) >= 11 is 0. The van der Waals surface area contributed by atoms with Gasteiger partial charge in [0.15, 0.2) is 0 Å². The topological polar surface area (TPSA) is 96.6 Å². The number of nitrogens with zero attached hydrogens (tertiary/aromatic N) is 6. The van der Waals surface area contributed by atoms with Crippen LogP contribution in [0.4, 0.5) is 55.9 Å². The Kier molecular flexibility index (Phi) is 13.6. The largest absolute Gasteiger partial charge is 0.446 e. The Labute approximate surface area is 290 Å². The molecule has 0 aliphatic carbocycles. The van der Waals surface area contributed by atoms with Gasteiger partial charge in [0.1, 0.15) is 0 Å². The normalized spacial score (nSPS) is 18.4. The number of aliphatic hydroxyl groups is 1. The number of anilines is 2. The molecule has 0 saturated carbocycles. The Hall–Kier alpha value is -3.83. The van der Waals surface area contributed by atoms with Crippen molar-refractivity contribution in [1.29, 1.82) is 0 Å². The zero-order valence-corrected chi connectivity index (χ0v) is 29.1. The molecule has 3 atom stereocenters. The van der Waals surface area contributed by atoms with E-state index < -0.39 is 67.3 Å². The number of amides is 1. The Morgan fingerprint density at radius 3 is 2.29 bits per heavy atom. The van der Waals surface area contributed by atoms with E-state index in [9.17, 15) is 49.4 Å². The van der Waals surface area contributed by atoms with Crippen LogP contribution in [0.5, 0.6) is 0 Å². The number of benzene rings is 1. The number of ether oxygens (including phenoxy) is 1. The molecule has 1 aromatic heterocycles. The van der Waals surface area contributed by atoms with Gasteiger partial charge in [-0.15, -0.1) is 5.10 Å². The fourth-order valence-electron chi connectivity index (χ4n) is 5.74. The quantitative estimate of drug-likeness (QED) is 0.162. The lowest BCUT2D eigenvalue weighted by molar-refractivity contribution is -0.156. The summed E-state index contributed by atoms with van der Waals surface area (Å²) in [6, 6.07) is 0.999. The SMILES string of the molecule is C/C(=C\C/C(=C\C(C)C(F)(F)F)CN(c1nnn(CCCO)n1)C1CC(C(C)C)N(C(=O)OC(C)C)c2ccc(C(F)(F)F)cc21)CC(F)(F)F. The molecule has 1 aliphatic rings. The first-order valence-corrected chi connectivity index (χ1v) is 16.4. The highest BCUT2D eigenvalue weighted by Gasteiger charge is 2.44. The second-order valence-electron chi connectivity index (χ2n) is 13.2. The first-order chi connectivity index (χ1) is 23.5. The van der Waals surface area contributed by atoms with Crippen LogP contribution in [0, 0.1) is 11.8 Å². The van der Waals surface area contributed by atoms with Crippen LogP contribution in [0.1, 0.15) is 84.4 Å². The van der Waals surface area contributed by atoms with Crippen molar-refractivity contribution in [3.8, 4) is 0 Å². The summed E-state index contributed by atoms with van der Waals surface area (Å²) in [5, 5.41) is 21.6. The maximum Gasteiger partial charge on any atom is 0.416 e. The summed E-state index contributed by atoms with van der Waals surface area (Å²) in [5.41, 5.74) is -1.18. The molecule has 3 unspecified atom stereocenters. The van der Waals surface area contributed by atoms with Crippen molar-refractivity contribution >= 4 is 17.7 Å². The lowest BCUT2D eigenvalue weighted by Crippen LogP contribution is -2.51. The van der Waals surface area contributed by atoms with Crippen molar-refractivity contribution in [1.82, 2.24) is 20.2 Å². The maximum absolute atomic E-state index is 14.1. The predicted molar refractivity (Wildman–Crippen MR) is 171 cm³/mol.